The number of hydrogen-bond donors (Lipinski definition) is 0. The highest BCUT2D eigenvalue weighted by Gasteiger charge is 2.53. The van der Waals surface area contributed by atoms with Gasteiger partial charge in [0, 0.05) is 43.3 Å². The molecular formula is C57H43BN2S. The summed E-state index contributed by atoms with van der Waals surface area (Å²) in [6, 6.07) is 63.2. The summed E-state index contributed by atoms with van der Waals surface area (Å²) in [7, 11) is 0. The van der Waals surface area contributed by atoms with Gasteiger partial charge in [-0.15, -0.1) is 11.3 Å². The number of aryl methyl sites for hydroxylation is 3. The fourth-order valence-electron chi connectivity index (χ4n) is 11.5. The smallest absolute Gasteiger partial charge is 0.264 e. The van der Waals surface area contributed by atoms with E-state index in [0.717, 1.165) is 0 Å². The Morgan fingerprint density at radius 1 is 0.492 bits per heavy atom. The average Bonchev–Trinajstić information content (AvgIpc) is 3.89. The van der Waals surface area contributed by atoms with E-state index in [0.29, 0.717) is 5.92 Å². The molecule has 0 saturated carbocycles. The normalized spacial score (nSPS) is 14.5. The molecule has 4 heteroatoms. The second-order valence-electron chi connectivity index (χ2n) is 18.1. The number of hydrogen-bond acceptors (Lipinski definition) is 3. The SMILES string of the molecule is Cc1ccc(N2c3ccccc3B3c4sc5cc6c(cc5c4N(c4ccc(C)cc4)c4cc(C)cc2c43)-c2ccc(C(C)C)cc2C62c3ccccc3-c3ccccc32)cc1. The highest BCUT2D eigenvalue weighted by Crippen LogP contribution is 2.64. The van der Waals surface area contributed by atoms with Crippen molar-refractivity contribution in [3.63, 3.8) is 0 Å². The molecule has 8 aromatic carbocycles. The van der Waals surface area contributed by atoms with Crippen LogP contribution in [-0.2, 0) is 5.41 Å². The van der Waals surface area contributed by atoms with E-state index in [1.807, 2.05) is 11.3 Å². The lowest BCUT2D eigenvalue weighted by Gasteiger charge is -2.43. The van der Waals surface area contributed by atoms with Crippen LogP contribution in [-0.4, -0.2) is 6.71 Å². The van der Waals surface area contributed by atoms with Crippen molar-refractivity contribution < 1.29 is 0 Å². The molecule has 1 spiro atoms. The molecule has 2 aliphatic carbocycles. The van der Waals surface area contributed by atoms with Gasteiger partial charge in [-0.3, -0.25) is 0 Å². The first kappa shape index (κ1) is 35.2. The Bertz CT molecular complexity index is 3290. The van der Waals surface area contributed by atoms with Gasteiger partial charge in [-0.25, -0.2) is 0 Å². The summed E-state index contributed by atoms with van der Waals surface area (Å²) in [6.07, 6.45) is 0. The maximum atomic E-state index is 2.61. The molecule has 0 saturated heterocycles. The van der Waals surface area contributed by atoms with E-state index in [2.05, 4.69) is 208 Å². The molecule has 0 atom stereocenters. The minimum atomic E-state index is -0.405. The monoisotopic (exact) mass is 798 g/mol. The second kappa shape index (κ2) is 12.5. The minimum Gasteiger partial charge on any atom is -0.311 e. The van der Waals surface area contributed by atoms with Crippen LogP contribution >= 0.6 is 11.3 Å². The Morgan fingerprint density at radius 3 is 1.74 bits per heavy atom. The van der Waals surface area contributed by atoms with Crippen molar-refractivity contribution in [3.8, 4) is 22.3 Å². The number of fused-ring (bicyclic) bond motifs is 16. The van der Waals surface area contributed by atoms with Crippen LogP contribution in [0, 0.1) is 20.8 Å². The molecular weight excluding hydrogens is 756 g/mol. The lowest BCUT2D eigenvalue weighted by molar-refractivity contribution is 0.785. The highest BCUT2D eigenvalue weighted by molar-refractivity contribution is 7.33. The minimum absolute atomic E-state index is 0.0789. The Labute approximate surface area is 362 Å². The first-order valence-corrected chi connectivity index (χ1v) is 22.5. The molecule has 0 bridgehead atoms. The predicted octanol–water partition coefficient (Wildman–Crippen LogP) is 13.4. The Morgan fingerprint density at radius 2 is 1.07 bits per heavy atom. The molecule has 0 unspecified atom stereocenters. The van der Waals surface area contributed by atoms with Crippen LogP contribution in [0.1, 0.15) is 64.3 Å². The van der Waals surface area contributed by atoms with Crippen molar-refractivity contribution in [2.45, 2.75) is 46.0 Å². The maximum Gasteiger partial charge on any atom is 0.264 e. The fraction of sp³-hybridized carbons (Fsp3) is 0.123. The van der Waals surface area contributed by atoms with Crippen molar-refractivity contribution in [1.82, 2.24) is 0 Å². The molecule has 0 radical (unpaired) electrons. The van der Waals surface area contributed by atoms with Crippen LogP contribution in [0.3, 0.4) is 0 Å². The largest absolute Gasteiger partial charge is 0.311 e. The van der Waals surface area contributed by atoms with Gasteiger partial charge in [-0.2, -0.15) is 0 Å². The lowest BCUT2D eigenvalue weighted by atomic mass is 9.36. The van der Waals surface area contributed by atoms with Gasteiger partial charge in [0.1, 0.15) is 0 Å². The third kappa shape index (κ3) is 4.58. The number of anilines is 6. The number of benzene rings is 8. The van der Waals surface area contributed by atoms with E-state index in [-0.39, 0.29) is 6.71 Å². The molecule has 0 N–H and O–H groups in total. The van der Waals surface area contributed by atoms with Crippen LogP contribution < -0.4 is 25.5 Å². The molecule has 2 aliphatic heterocycles. The van der Waals surface area contributed by atoms with Gasteiger partial charge in [0.2, 0.25) is 0 Å². The van der Waals surface area contributed by atoms with Crippen molar-refractivity contribution in [3.05, 3.63) is 208 Å². The molecule has 9 aromatic rings. The first-order chi connectivity index (χ1) is 29.8. The summed E-state index contributed by atoms with van der Waals surface area (Å²) in [5.74, 6) is 0.422. The summed E-state index contributed by atoms with van der Waals surface area (Å²) >= 11 is 2.00. The summed E-state index contributed by atoms with van der Waals surface area (Å²) < 4.78 is 2.74. The van der Waals surface area contributed by atoms with Crippen LogP contribution in [0.5, 0.6) is 0 Å². The van der Waals surface area contributed by atoms with Crippen molar-refractivity contribution in [2.75, 3.05) is 9.80 Å². The van der Waals surface area contributed by atoms with Gasteiger partial charge < -0.3 is 9.80 Å². The van der Waals surface area contributed by atoms with E-state index in [1.165, 1.54) is 127 Å². The zero-order valence-electron chi connectivity index (χ0n) is 35.0. The molecule has 2 nitrogen and oxygen atoms in total. The third-order valence-electron chi connectivity index (χ3n) is 14.2. The molecule has 13 rings (SSSR count). The van der Waals surface area contributed by atoms with Gasteiger partial charge in [-0.1, -0.05) is 134 Å². The molecule has 61 heavy (non-hydrogen) atoms. The van der Waals surface area contributed by atoms with E-state index in [1.54, 1.807) is 0 Å². The zero-order chi connectivity index (χ0) is 40.9. The zero-order valence-corrected chi connectivity index (χ0v) is 35.9. The Hall–Kier alpha value is -6.62. The quantitative estimate of drug-likeness (QED) is 0.164. The fourth-order valence-corrected chi connectivity index (χ4v) is 12.8. The molecule has 0 fully saturated rings. The average molecular weight is 799 g/mol. The topological polar surface area (TPSA) is 6.48 Å². The van der Waals surface area contributed by atoms with Crippen LogP contribution in [0.15, 0.2) is 164 Å². The van der Waals surface area contributed by atoms with Crippen LogP contribution in [0.2, 0.25) is 0 Å². The van der Waals surface area contributed by atoms with Crippen LogP contribution in [0.4, 0.5) is 34.1 Å². The van der Waals surface area contributed by atoms with Gasteiger partial charge in [-0.05, 0) is 148 Å². The summed E-state index contributed by atoms with van der Waals surface area (Å²) in [4.78, 5) is 5.12. The van der Waals surface area contributed by atoms with Gasteiger partial charge in [0.25, 0.3) is 6.71 Å². The van der Waals surface area contributed by atoms with Crippen molar-refractivity contribution in [1.29, 1.82) is 0 Å². The molecule has 4 aliphatic rings. The Balaban J connectivity index is 1.15. The summed E-state index contributed by atoms with van der Waals surface area (Å²) in [6.45, 7) is 11.3. The van der Waals surface area contributed by atoms with E-state index in [9.17, 15) is 0 Å². The van der Waals surface area contributed by atoms with Gasteiger partial charge >= 0.3 is 0 Å². The number of para-hydroxylation sites is 1. The van der Waals surface area contributed by atoms with Gasteiger partial charge in [0.15, 0.2) is 0 Å². The molecule has 3 heterocycles. The highest BCUT2D eigenvalue weighted by atomic mass is 32.1. The summed E-state index contributed by atoms with van der Waals surface area (Å²) in [5.41, 5.74) is 25.9. The standard InChI is InChI=1S/C57H43BN2S/c1-33(2)37-22-27-42-43-31-44-53(32-48(43)57(47(42)30-37)45-14-8-6-12-40(45)41-13-7-9-15-46(41)57)61-56-55(44)60(39-25-20-35(4)21-26-39)52-29-36(5)28-51-54(52)58(56)49-16-10-11-17-50(49)59(51)38-23-18-34(3)19-24-38/h6-33H,1-5H3. The molecule has 1 aromatic heterocycles. The Kier molecular flexibility index (Phi) is 7.19. The predicted molar refractivity (Wildman–Crippen MR) is 260 cm³/mol. The van der Waals surface area contributed by atoms with Crippen molar-refractivity contribution in [2.24, 2.45) is 0 Å². The first-order valence-electron chi connectivity index (χ1n) is 21.7. The number of thiophene rings is 1. The molecule has 0 amide bonds. The van der Waals surface area contributed by atoms with Gasteiger partial charge in [0.05, 0.1) is 11.1 Å². The molecule has 290 valence electrons. The number of rotatable bonds is 3. The summed E-state index contributed by atoms with van der Waals surface area (Å²) in [5, 5.41) is 1.32. The maximum absolute atomic E-state index is 2.61. The van der Waals surface area contributed by atoms with E-state index < -0.39 is 5.41 Å². The van der Waals surface area contributed by atoms with E-state index in [4.69, 9.17) is 0 Å². The second-order valence-corrected chi connectivity index (χ2v) is 19.1. The third-order valence-corrected chi connectivity index (χ3v) is 15.4. The number of nitrogens with zero attached hydrogens (tertiary/aromatic N) is 2. The van der Waals surface area contributed by atoms with Crippen molar-refractivity contribution >= 4 is 78.0 Å². The van der Waals surface area contributed by atoms with Crippen LogP contribution in [0.25, 0.3) is 32.3 Å². The van der Waals surface area contributed by atoms with E-state index >= 15 is 0 Å². The lowest BCUT2D eigenvalue weighted by Crippen LogP contribution is -2.60.